The number of halogens is 3. The van der Waals surface area contributed by atoms with Crippen molar-refractivity contribution in [3.05, 3.63) is 5.01 Å². The molecule has 0 spiro atoms. The molecule has 88 valence electrons. The summed E-state index contributed by atoms with van der Waals surface area (Å²) < 4.78 is 36.4. The van der Waals surface area contributed by atoms with E-state index in [-0.39, 0.29) is 5.13 Å². The van der Waals surface area contributed by atoms with Crippen LogP contribution in [0.25, 0.3) is 0 Å². The second-order valence-corrected chi connectivity index (χ2v) is 4.68. The molecule has 8 heteroatoms. The number of hydrogen-bond acceptors (Lipinski definition) is 5. The molecule has 1 heterocycles. The molecule has 0 atom stereocenters. The average molecular weight is 267 g/mol. The maximum Gasteiger partial charge on any atom is 0.445 e. The molecule has 0 amide bonds. The predicted molar refractivity (Wildman–Crippen MR) is 59.6 cm³/mol. The Morgan fingerprint density at radius 2 is 2.19 bits per heavy atom. The number of nitrogens with one attached hydrogen (secondary N) is 1. The van der Waals surface area contributed by atoms with E-state index >= 15 is 0 Å². The van der Waals surface area contributed by atoms with Gasteiger partial charge in [0.15, 0.2) is 0 Å². The fourth-order valence-corrected chi connectivity index (χ4v) is 1.92. The first-order valence-corrected chi connectivity index (χ1v) is 6.17. The normalized spacial score (nSPS) is 11.1. The first kappa shape index (κ1) is 13.1. The van der Waals surface area contributed by atoms with Gasteiger partial charge in [-0.05, 0) is 0 Å². The minimum absolute atomic E-state index is 0.175. The lowest BCUT2D eigenvalue weighted by Crippen LogP contribution is -2.03. The number of rotatable bonds is 5. The molecule has 1 aromatic heterocycles. The van der Waals surface area contributed by atoms with Gasteiger partial charge in [-0.3, -0.25) is 0 Å². The minimum atomic E-state index is -4.42. The Balaban J connectivity index is 2.33. The fourth-order valence-electron chi connectivity index (χ4n) is 0.770. The SMILES string of the molecule is C#CCSCCNc1nnc(C(F)(F)F)s1. The van der Waals surface area contributed by atoms with Crippen molar-refractivity contribution in [1.29, 1.82) is 0 Å². The first-order valence-electron chi connectivity index (χ1n) is 4.20. The van der Waals surface area contributed by atoms with Crippen molar-refractivity contribution >= 4 is 28.2 Å². The molecule has 0 aliphatic carbocycles. The van der Waals surface area contributed by atoms with Gasteiger partial charge in [-0.15, -0.1) is 28.4 Å². The number of alkyl halides is 3. The van der Waals surface area contributed by atoms with E-state index in [4.69, 9.17) is 6.42 Å². The van der Waals surface area contributed by atoms with Gasteiger partial charge in [0, 0.05) is 12.3 Å². The van der Waals surface area contributed by atoms with E-state index in [1.807, 2.05) is 0 Å². The highest BCUT2D eigenvalue weighted by Gasteiger charge is 2.35. The van der Waals surface area contributed by atoms with E-state index < -0.39 is 11.2 Å². The van der Waals surface area contributed by atoms with Gasteiger partial charge in [0.1, 0.15) is 0 Å². The number of anilines is 1. The summed E-state index contributed by atoms with van der Waals surface area (Å²) in [6.45, 7) is 0.513. The lowest BCUT2D eigenvalue weighted by molar-refractivity contribution is -0.138. The van der Waals surface area contributed by atoms with Crippen molar-refractivity contribution in [3.63, 3.8) is 0 Å². The maximum atomic E-state index is 12.1. The molecule has 0 aliphatic rings. The molecule has 1 aromatic rings. The van der Waals surface area contributed by atoms with E-state index in [0.717, 1.165) is 0 Å². The van der Waals surface area contributed by atoms with Crippen LogP contribution in [0.4, 0.5) is 18.3 Å². The van der Waals surface area contributed by atoms with Crippen molar-refractivity contribution in [2.75, 3.05) is 23.4 Å². The van der Waals surface area contributed by atoms with Gasteiger partial charge < -0.3 is 5.32 Å². The molecule has 16 heavy (non-hydrogen) atoms. The van der Waals surface area contributed by atoms with E-state index in [1.165, 1.54) is 11.8 Å². The van der Waals surface area contributed by atoms with Crippen LogP contribution in [0.5, 0.6) is 0 Å². The van der Waals surface area contributed by atoms with Gasteiger partial charge in [-0.25, -0.2) is 0 Å². The van der Waals surface area contributed by atoms with Gasteiger partial charge in [0.2, 0.25) is 10.1 Å². The van der Waals surface area contributed by atoms with Crippen LogP contribution in [0.3, 0.4) is 0 Å². The van der Waals surface area contributed by atoms with Crippen LogP contribution in [0.1, 0.15) is 5.01 Å². The summed E-state index contributed by atoms with van der Waals surface area (Å²) in [6, 6.07) is 0. The lowest BCUT2D eigenvalue weighted by atomic mass is 10.7. The van der Waals surface area contributed by atoms with Gasteiger partial charge in [-0.2, -0.15) is 13.2 Å². The molecule has 0 saturated carbocycles. The number of terminal acetylenes is 1. The van der Waals surface area contributed by atoms with Crippen LogP contribution >= 0.6 is 23.1 Å². The molecule has 0 saturated heterocycles. The Morgan fingerprint density at radius 3 is 2.75 bits per heavy atom. The van der Waals surface area contributed by atoms with Crippen LogP contribution in [0, 0.1) is 12.3 Å². The maximum absolute atomic E-state index is 12.1. The minimum Gasteiger partial charge on any atom is -0.359 e. The summed E-state index contributed by atoms with van der Waals surface area (Å²) in [6.07, 6.45) is 0.616. The zero-order valence-electron chi connectivity index (χ0n) is 8.04. The van der Waals surface area contributed by atoms with E-state index in [2.05, 4.69) is 21.4 Å². The highest BCUT2D eigenvalue weighted by molar-refractivity contribution is 7.99. The molecular formula is C8H8F3N3S2. The van der Waals surface area contributed by atoms with Crippen LogP contribution < -0.4 is 5.32 Å². The van der Waals surface area contributed by atoms with Crippen molar-refractivity contribution in [2.24, 2.45) is 0 Å². The lowest BCUT2D eigenvalue weighted by Gasteiger charge is -2.00. The first-order chi connectivity index (χ1) is 7.54. The van der Waals surface area contributed by atoms with E-state index in [1.54, 1.807) is 0 Å². The van der Waals surface area contributed by atoms with Crippen LogP contribution in [0.2, 0.25) is 0 Å². The largest absolute Gasteiger partial charge is 0.445 e. The third-order valence-corrected chi connectivity index (χ3v) is 3.16. The number of hydrogen-bond donors (Lipinski definition) is 1. The third-order valence-electron chi connectivity index (χ3n) is 1.38. The molecule has 3 nitrogen and oxygen atoms in total. The van der Waals surface area contributed by atoms with Gasteiger partial charge in [0.25, 0.3) is 0 Å². The Hall–Kier alpha value is -0.940. The molecule has 1 rings (SSSR count). The average Bonchev–Trinajstić information content (AvgIpc) is 2.65. The smallest absolute Gasteiger partial charge is 0.359 e. The highest BCUT2D eigenvalue weighted by Crippen LogP contribution is 2.32. The Bertz CT molecular complexity index is 369. The highest BCUT2D eigenvalue weighted by atomic mass is 32.2. The van der Waals surface area contributed by atoms with Gasteiger partial charge >= 0.3 is 6.18 Å². The summed E-state index contributed by atoms with van der Waals surface area (Å²) in [5, 5.41) is 8.42. The zero-order chi connectivity index (χ0) is 12.0. The second-order valence-electron chi connectivity index (χ2n) is 2.59. The Kier molecular flexibility index (Phi) is 4.89. The summed E-state index contributed by atoms with van der Waals surface area (Å²) in [5.74, 6) is 3.75. The van der Waals surface area contributed by atoms with Crippen LogP contribution in [0.15, 0.2) is 0 Å². The molecular weight excluding hydrogens is 259 g/mol. The molecule has 0 bridgehead atoms. The van der Waals surface area contributed by atoms with Crippen molar-refractivity contribution in [1.82, 2.24) is 10.2 Å². The Morgan fingerprint density at radius 1 is 1.44 bits per heavy atom. The van der Waals surface area contributed by atoms with Crippen LogP contribution in [-0.2, 0) is 6.18 Å². The number of nitrogens with zero attached hydrogens (tertiary/aromatic N) is 2. The molecule has 0 unspecified atom stereocenters. The van der Waals surface area contributed by atoms with Gasteiger partial charge in [-0.1, -0.05) is 17.3 Å². The van der Waals surface area contributed by atoms with Crippen molar-refractivity contribution < 1.29 is 13.2 Å². The number of thioether (sulfide) groups is 1. The zero-order valence-corrected chi connectivity index (χ0v) is 9.68. The number of aromatic nitrogens is 2. The predicted octanol–water partition coefficient (Wildman–Crippen LogP) is 2.34. The van der Waals surface area contributed by atoms with Gasteiger partial charge in [0.05, 0.1) is 5.75 Å². The van der Waals surface area contributed by atoms with Crippen molar-refractivity contribution in [3.8, 4) is 12.3 Å². The monoisotopic (exact) mass is 267 g/mol. The van der Waals surface area contributed by atoms with E-state index in [0.29, 0.717) is 29.4 Å². The standard InChI is InChI=1S/C8H8F3N3S2/c1-2-4-15-5-3-12-7-14-13-6(16-7)8(9,10)11/h1H,3-5H2,(H,12,14). The molecule has 0 aliphatic heterocycles. The molecule has 0 radical (unpaired) electrons. The molecule has 1 N–H and O–H groups in total. The fraction of sp³-hybridized carbons (Fsp3) is 0.500. The summed E-state index contributed by atoms with van der Waals surface area (Å²) in [4.78, 5) is 0. The van der Waals surface area contributed by atoms with Crippen LogP contribution in [-0.4, -0.2) is 28.2 Å². The summed E-state index contributed by atoms with van der Waals surface area (Å²) in [5.41, 5.74) is 0. The molecule has 0 fully saturated rings. The molecule has 0 aromatic carbocycles. The quantitative estimate of drug-likeness (QED) is 0.656. The summed E-state index contributed by atoms with van der Waals surface area (Å²) in [7, 11) is 0. The topological polar surface area (TPSA) is 37.8 Å². The van der Waals surface area contributed by atoms with Crippen molar-refractivity contribution in [2.45, 2.75) is 6.18 Å². The summed E-state index contributed by atoms with van der Waals surface area (Å²) >= 11 is 2.02. The van der Waals surface area contributed by atoms with E-state index in [9.17, 15) is 13.2 Å². The third kappa shape index (κ3) is 4.28. The second kappa shape index (κ2) is 5.96. The Labute approximate surface area is 98.8 Å².